The third-order valence-corrected chi connectivity index (χ3v) is 4.33. The quantitative estimate of drug-likeness (QED) is 0.859. The van der Waals surface area contributed by atoms with Crippen LogP contribution in [0.3, 0.4) is 0 Å². The second-order valence-electron chi connectivity index (χ2n) is 5.70. The molecule has 0 aliphatic heterocycles. The van der Waals surface area contributed by atoms with Crippen LogP contribution in [0.5, 0.6) is 0 Å². The smallest absolute Gasteiger partial charge is 0.0802 e. The maximum atomic E-state index is 5.65. The standard InChI is InChI=1S/C16H25NO/c1-12-6-7-13(2)15(10-12)14(3)17-11-16(18-4)8-5-9-16/h6-7,10,14,17H,5,8-9,11H2,1-4H3. The lowest BCUT2D eigenvalue weighted by Crippen LogP contribution is -2.48. The molecule has 1 unspecified atom stereocenters. The molecule has 18 heavy (non-hydrogen) atoms. The van der Waals surface area contributed by atoms with Crippen LogP contribution in [-0.4, -0.2) is 19.3 Å². The lowest BCUT2D eigenvalue weighted by molar-refractivity contribution is -0.0706. The summed E-state index contributed by atoms with van der Waals surface area (Å²) in [5.74, 6) is 0. The van der Waals surface area contributed by atoms with Crippen LogP contribution >= 0.6 is 0 Å². The minimum Gasteiger partial charge on any atom is -0.377 e. The van der Waals surface area contributed by atoms with Crippen LogP contribution in [0.1, 0.15) is 48.9 Å². The van der Waals surface area contributed by atoms with E-state index in [2.05, 4.69) is 44.3 Å². The molecule has 1 saturated carbocycles. The number of methoxy groups -OCH3 is 1. The van der Waals surface area contributed by atoms with Crippen LogP contribution in [0.4, 0.5) is 0 Å². The fourth-order valence-electron chi connectivity index (χ4n) is 2.70. The molecule has 100 valence electrons. The molecule has 0 saturated heterocycles. The van der Waals surface area contributed by atoms with Crippen LogP contribution in [0.15, 0.2) is 18.2 Å². The molecule has 0 bridgehead atoms. The summed E-state index contributed by atoms with van der Waals surface area (Å²) in [5, 5.41) is 3.64. The van der Waals surface area contributed by atoms with E-state index in [9.17, 15) is 0 Å². The van der Waals surface area contributed by atoms with Crippen LogP contribution in [-0.2, 0) is 4.74 Å². The highest BCUT2D eigenvalue weighted by Gasteiger charge is 2.36. The minimum absolute atomic E-state index is 0.103. The van der Waals surface area contributed by atoms with Gasteiger partial charge in [0.05, 0.1) is 5.60 Å². The van der Waals surface area contributed by atoms with Crippen molar-refractivity contribution in [3.05, 3.63) is 34.9 Å². The first-order valence-electron chi connectivity index (χ1n) is 6.92. The Bertz CT molecular complexity index is 404. The van der Waals surface area contributed by atoms with Gasteiger partial charge in [-0.3, -0.25) is 0 Å². The summed E-state index contributed by atoms with van der Waals surface area (Å²) in [6, 6.07) is 7.05. The van der Waals surface area contributed by atoms with Gasteiger partial charge in [-0.25, -0.2) is 0 Å². The van der Waals surface area contributed by atoms with Crippen molar-refractivity contribution < 1.29 is 4.74 Å². The number of hydrogen-bond acceptors (Lipinski definition) is 2. The summed E-state index contributed by atoms with van der Waals surface area (Å²) >= 11 is 0. The van der Waals surface area contributed by atoms with E-state index >= 15 is 0 Å². The third kappa shape index (κ3) is 2.76. The van der Waals surface area contributed by atoms with Gasteiger partial charge in [0.15, 0.2) is 0 Å². The Balaban J connectivity index is 1.99. The number of rotatable bonds is 5. The highest BCUT2D eigenvalue weighted by molar-refractivity contribution is 5.32. The number of aryl methyl sites for hydroxylation is 2. The Labute approximate surface area is 111 Å². The predicted molar refractivity (Wildman–Crippen MR) is 75.9 cm³/mol. The Hall–Kier alpha value is -0.860. The van der Waals surface area contributed by atoms with E-state index in [1.807, 2.05) is 7.11 Å². The second-order valence-corrected chi connectivity index (χ2v) is 5.70. The molecule has 0 heterocycles. The van der Waals surface area contributed by atoms with Gasteiger partial charge in [0.1, 0.15) is 0 Å². The van der Waals surface area contributed by atoms with Crippen molar-refractivity contribution in [2.45, 2.75) is 51.7 Å². The predicted octanol–water partition coefficient (Wildman–Crippen LogP) is 3.52. The first-order chi connectivity index (χ1) is 8.56. The molecule has 0 spiro atoms. The summed E-state index contributed by atoms with van der Waals surface area (Å²) < 4.78 is 5.65. The fourth-order valence-corrected chi connectivity index (χ4v) is 2.70. The monoisotopic (exact) mass is 247 g/mol. The molecule has 0 aromatic heterocycles. The van der Waals surface area contributed by atoms with Gasteiger partial charge in [-0.2, -0.15) is 0 Å². The van der Waals surface area contributed by atoms with Gasteiger partial charge in [0, 0.05) is 19.7 Å². The molecule has 0 amide bonds. The molecule has 1 N–H and O–H groups in total. The molecule has 1 aromatic rings. The molecule has 2 nitrogen and oxygen atoms in total. The zero-order valence-electron chi connectivity index (χ0n) is 12.0. The summed E-state index contributed by atoms with van der Waals surface area (Å²) in [4.78, 5) is 0. The van der Waals surface area contributed by atoms with Gasteiger partial charge < -0.3 is 10.1 Å². The number of ether oxygens (including phenoxy) is 1. The van der Waals surface area contributed by atoms with E-state index < -0.39 is 0 Å². The van der Waals surface area contributed by atoms with Crippen molar-refractivity contribution >= 4 is 0 Å². The van der Waals surface area contributed by atoms with Crippen molar-refractivity contribution in [1.82, 2.24) is 5.32 Å². The highest BCUT2D eigenvalue weighted by Crippen LogP contribution is 2.34. The average molecular weight is 247 g/mol. The molecule has 2 heteroatoms. The zero-order chi connectivity index (χ0) is 13.2. The van der Waals surface area contributed by atoms with E-state index in [0.29, 0.717) is 6.04 Å². The van der Waals surface area contributed by atoms with Gasteiger partial charge in [-0.1, -0.05) is 23.8 Å². The number of hydrogen-bond donors (Lipinski definition) is 1. The molecule has 1 aromatic carbocycles. The minimum atomic E-state index is 0.103. The normalized spacial score (nSPS) is 19.3. The molecule has 1 fully saturated rings. The zero-order valence-corrected chi connectivity index (χ0v) is 12.0. The maximum absolute atomic E-state index is 5.65. The Kier molecular flexibility index (Phi) is 4.08. The molecular formula is C16H25NO. The van der Waals surface area contributed by atoms with Crippen molar-refractivity contribution in [2.24, 2.45) is 0 Å². The summed E-state index contributed by atoms with van der Waals surface area (Å²) in [6.07, 6.45) is 3.68. The Morgan fingerprint density at radius 2 is 2.06 bits per heavy atom. The van der Waals surface area contributed by atoms with E-state index in [4.69, 9.17) is 4.74 Å². The largest absolute Gasteiger partial charge is 0.377 e. The summed E-state index contributed by atoms with van der Waals surface area (Å²) in [7, 11) is 1.84. The molecule has 2 rings (SSSR count). The molecule has 1 aliphatic carbocycles. The Morgan fingerprint density at radius 3 is 2.61 bits per heavy atom. The summed E-state index contributed by atoms with van der Waals surface area (Å²) in [6.45, 7) is 7.53. The van der Waals surface area contributed by atoms with Gasteiger partial charge in [-0.05, 0) is 51.2 Å². The van der Waals surface area contributed by atoms with Gasteiger partial charge in [0.2, 0.25) is 0 Å². The lowest BCUT2D eigenvalue weighted by Gasteiger charge is -2.41. The first-order valence-corrected chi connectivity index (χ1v) is 6.92. The van der Waals surface area contributed by atoms with Gasteiger partial charge in [-0.15, -0.1) is 0 Å². The summed E-state index contributed by atoms with van der Waals surface area (Å²) in [5.41, 5.74) is 4.20. The third-order valence-electron chi connectivity index (χ3n) is 4.33. The maximum Gasteiger partial charge on any atom is 0.0802 e. The second kappa shape index (κ2) is 5.41. The van der Waals surface area contributed by atoms with Crippen molar-refractivity contribution in [3.8, 4) is 0 Å². The molecule has 1 atom stereocenters. The van der Waals surface area contributed by atoms with Gasteiger partial charge in [0.25, 0.3) is 0 Å². The van der Waals surface area contributed by atoms with E-state index in [0.717, 1.165) is 6.54 Å². The molecule has 0 radical (unpaired) electrons. The average Bonchev–Trinajstić information content (AvgIpc) is 2.31. The van der Waals surface area contributed by atoms with Crippen molar-refractivity contribution in [2.75, 3.05) is 13.7 Å². The van der Waals surface area contributed by atoms with E-state index in [-0.39, 0.29) is 5.60 Å². The Morgan fingerprint density at radius 1 is 1.33 bits per heavy atom. The molecule has 1 aliphatic rings. The number of benzene rings is 1. The van der Waals surface area contributed by atoms with E-state index in [1.165, 1.54) is 36.0 Å². The van der Waals surface area contributed by atoms with Crippen LogP contribution < -0.4 is 5.32 Å². The van der Waals surface area contributed by atoms with Crippen molar-refractivity contribution in [3.63, 3.8) is 0 Å². The topological polar surface area (TPSA) is 21.3 Å². The van der Waals surface area contributed by atoms with Crippen LogP contribution in [0.2, 0.25) is 0 Å². The van der Waals surface area contributed by atoms with Crippen LogP contribution in [0.25, 0.3) is 0 Å². The number of nitrogens with one attached hydrogen (secondary N) is 1. The van der Waals surface area contributed by atoms with Gasteiger partial charge >= 0.3 is 0 Å². The fraction of sp³-hybridized carbons (Fsp3) is 0.625. The van der Waals surface area contributed by atoms with Crippen molar-refractivity contribution in [1.29, 1.82) is 0 Å². The lowest BCUT2D eigenvalue weighted by atomic mass is 9.79. The van der Waals surface area contributed by atoms with E-state index in [1.54, 1.807) is 0 Å². The van der Waals surface area contributed by atoms with Crippen LogP contribution in [0, 0.1) is 13.8 Å². The SMILES string of the molecule is COC1(CNC(C)c2cc(C)ccc2C)CCC1. The first kappa shape index (κ1) is 13.6. The molecular weight excluding hydrogens is 222 g/mol. The highest BCUT2D eigenvalue weighted by atomic mass is 16.5.